The Kier molecular flexibility index (Phi) is 4.89. The standard InChI is InChI=1S/C19H26N2O2/c1-2-23-17-9-4-3-7-15(17)18-16-8-5-6-10-19(16,22)11-13-21(18)14-12-20/h3-4,7,9,16,18,22H,2,5-6,8,10-11,13-14H2,1H3/t16-,18-,19-/m1/s1. The maximum Gasteiger partial charge on any atom is 0.124 e. The fourth-order valence-electron chi connectivity index (χ4n) is 4.44. The molecule has 1 aliphatic heterocycles. The number of aliphatic hydroxyl groups is 1. The average Bonchev–Trinajstić information content (AvgIpc) is 2.56. The van der Waals surface area contributed by atoms with Crippen LogP contribution in [-0.4, -0.2) is 35.3 Å². The smallest absolute Gasteiger partial charge is 0.124 e. The molecule has 1 saturated carbocycles. The van der Waals surface area contributed by atoms with E-state index in [0.717, 1.165) is 50.0 Å². The van der Waals surface area contributed by atoms with Gasteiger partial charge in [-0.15, -0.1) is 0 Å². The fraction of sp³-hybridized carbons (Fsp3) is 0.632. The van der Waals surface area contributed by atoms with Crippen LogP contribution in [0.3, 0.4) is 0 Å². The molecule has 1 saturated heterocycles. The summed E-state index contributed by atoms with van der Waals surface area (Å²) in [7, 11) is 0. The van der Waals surface area contributed by atoms with Gasteiger partial charge >= 0.3 is 0 Å². The molecule has 4 heteroatoms. The Morgan fingerprint density at radius 1 is 1.35 bits per heavy atom. The lowest BCUT2D eigenvalue weighted by molar-refractivity contribution is -0.122. The van der Waals surface area contributed by atoms with Gasteiger partial charge in [0.2, 0.25) is 0 Å². The number of piperidine rings is 1. The first kappa shape index (κ1) is 16.3. The van der Waals surface area contributed by atoms with Crippen LogP contribution in [0.5, 0.6) is 5.75 Å². The summed E-state index contributed by atoms with van der Waals surface area (Å²) in [6.45, 7) is 3.78. The van der Waals surface area contributed by atoms with Crippen molar-refractivity contribution in [3.05, 3.63) is 29.8 Å². The van der Waals surface area contributed by atoms with Crippen molar-refractivity contribution >= 4 is 0 Å². The van der Waals surface area contributed by atoms with Crippen molar-refractivity contribution in [1.29, 1.82) is 5.26 Å². The molecule has 23 heavy (non-hydrogen) atoms. The van der Waals surface area contributed by atoms with Crippen LogP contribution < -0.4 is 4.74 Å². The first-order chi connectivity index (χ1) is 11.2. The minimum Gasteiger partial charge on any atom is -0.494 e. The van der Waals surface area contributed by atoms with E-state index in [1.165, 1.54) is 0 Å². The highest BCUT2D eigenvalue weighted by atomic mass is 16.5. The van der Waals surface area contributed by atoms with Gasteiger partial charge < -0.3 is 9.84 Å². The minimum absolute atomic E-state index is 0.0662. The Morgan fingerprint density at radius 3 is 2.96 bits per heavy atom. The van der Waals surface area contributed by atoms with Crippen molar-refractivity contribution in [1.82, 2.24) is 4.90 Å². The van der Waals surface area contributed by atoms with Gasteiger partial charge in [-0.25, -0.2) is 0 Å². The second-order valence-corrected chi connectivity index (χ2v) is 6.75. The van der Waals surface area contributed by atoms with Crippen molar-refractivity contribution in [3.8, 4) is 11.8 Å². The first-order valence-electron chi connectivity index (χ1n) is 8.74. The fourth-order valence-corrected chi connectivity index (χ4v) is 4.44. The molecule has 3 rings (SSSR count). The molecule has 0 radical (unpaired) electrons. The topological polar surface area (TPSA) is 56.5 Å². The quantitative estimate of drug-likeness (QED) is 0.867. The van der Waals surface area contributed by atoms with Gasteiger partial charge in [0.25, 0.3) is 0 Å². The highest BCUT2D eigenvalue weighted by Crippen LogP contribution is 2.50. The predicted octanol–water partition coefficient (Wildman–Crippen LogP) is 3.28. The number of para-hydroxylation sites is 1. The van der Waals surface area contributed by atoms with E-state index in [1.807, 2.05) is 25.1 Å². The average molecular weight is 314 g/mol. The van der Waals surface area contributed by atoms with Crippen LogP contribution in [0.25, 0.3) is 0 Å². The van der Waals surface area contributed by atoms with Crippen LogP contribution in [0.1, 0.15) is 50.6 Å². The number of hydrogen-bond donors (Lipinski definition) is 1. The second kappa shape index (κ2) is 6.90. The number of fused-ring (bicyclic) bond motifs is 1. The summed E-state index contributed by atoms with van der Waals surface area (Å²) in [5.74, 6) is 1.07. The molecule has 124 valence electrons. The summed E-state index contributed by atoms with van der Waals surface area (Å²) >= 11 is 0. The van der Waals surface area contributed by atoms with Crippen LogP contribution in [0.4, 0.5) is 0 Å². The highest BCUT2D eigenvalue weighted by molar-refractivity contribution is 5.37. The van der Waals surface area contributed by atoms with Crippen LogP contribution in [0.2, 0.25) is 0 Å². The van der Waals surface area contributed by atoms with Gasteiger partial charge in [0.05, 0.1) is 24.8 Å². The third-order valence-electron chi connectivity index (χ3n) is 5.48. The second-order valence-electron chi connectivity index (χ2n) is 6.75. The van der Waals surface area contributed by atoms with Gasteiger partial charge in [0.1, 0.15) is 5.75 Å². The molecular weight excluding hydrogens is 288 g/mol. The molecule has 0 spiro atoms. The van der Waals surface area contributed by atoms with Gasteiger partial charge in [-0.05, 0) is 32.3 Å². The van der Waals surface area contributed by atoms with Crippen LogP contribution in [0, 0.1) is 17.2 Å². The van der Waals surface area contributed by atoms with Crippen LogP contribution in [0.15, 0.2) is 24.3 Å². The van der Waals surface area contributed by atoms with Gasteiger partial charge in [0.15, 0.2) is 0 Å². The van der Waals surface area contributed by atoms with E-state index in [9.17, 15) is 10.4 Å². The van der Waals surface area contributed by atoms with Crippen molar-refractivity contribution in [2.75, 3.05) is 19.7 Å². The third-order valence-corrected chi connectivity index (χ3v) is 5.48. The number of benzene rings is 1. The lowest BCUT2D eigenvalue weighted by Crippen LogP contribution is -2.54. The zero-order chi connectivity index (χ0) is 16.3. The highest BCUT2D eigenvalue weighted by Gasteiger charge is 2.49. The molecule has 0 bridgehead atoms. The Morgan fingerprint density at radius 2 is 2.17 bits per heavy atom. The lowest BCUT2D eigenvalue weighted by Gasteiger charge is -2.52. The molecule has 3 atom stereocenters. The molecule has 0 amide bonds. The predicted molar refractivity (Wildman–Crippen MR) is 89.1 cm³/mol. The number of nitriles is 1. The lowest BCUT2D eigenvalue weighted by atomic mass is 9.66. The van der Waals surface area contributed by atoms with Crippen molar-refractivity contribution in [2.24, 2.45) is 5.92 Å². The minimum atomic E-state index is -0.589. The first-order valence-corrected chi connectivity index (χ1v) is 8.74. The van der Waals surface area contributed by atoms with Gasteiger partial charge in [-0.3, -0.25) is 4.90 Å². The van der Waals surface area contributed by atoms with Crippen molar-refractivity contribution in [3.63, 3.8) is 0 Å². The summed E-state index contributed by atoms with van der Waals surface area (Å²) in [4.78, 5) is 2.22. The number of rotatable bonds is 4. The van der Waals surface area contributed by atoms with Gasteiger partial charge in [-0.2, -0.15) is 5.26 Å². The van der Waals surface area contributed by atoms with E-state index in [2.05, 4.69) is 17.0 Å². The normalized spacial score (nSPS) is 31.2. The molecule has 4 nitrogen and oxygen atoms in total. The van der Waals surface area contributed by atoms with Crippen molar-refractivity contribution < 1.29 is 9.84 Å². The Hall–Kier alpha value is -1.57. The zero-order valence-electron chi connectivity index (χ0n) is 13.9. The van der Waals surface area contributed by atoms with Crippen molar-refractivity contribution in [2.45, 2.75) is 50.7 Å². The molecule has 2 fully saturated rings. The monoisotopic (exact) mass is 314 g/mol. The Labute approximate surface area is 138 Å². The SMILES string of the molecule is CCOc1ccccc1[C@@H]1[C@H]2CCCC[C@@]2(O)CCN1CC#N. The number of nitrogens with zero attached hydrogens (tertiary/aromatic N) is 2. The zero-order valence-corrected chi connectivity index (χ0v) is 13.9. The summed E-state index contributed by atoms with van der Waals surface area (Å²) in [5, 5.41) is 20.4. The van der Waals surface area contributed by atoms with Crippen LogP contribution >= 0.6 is 0 Å². The third kappa shape index (κ3) is 3.08. The molecule has 1 aliphatic carbocycles. The van der Waals surface area contributed by atoms with E-state index in [-0.39, 0.29) is 12.0 Å². The molecular formula is C19H26N2O2. The van der Waals surface area contributed by atoms with E-state index < -0.39 is 5.60 Å². The van der Waals surface area contributed by atoms with Gasteiger partial charge in [-0.1, -0.05) is 31.0 Å². The number of likely N-dealkylation sites (tertiary alicyclic amines) is 1. The van der Waals surface area contributed by atoms with E-state index in [4.69, 9.17) is 4.74 Å². The molecule has 0 unspecified atom stereocenters. The maximum atomic E-state index is 11.2. The Balaban J connectivity index is 2.01. The summed E-state index contributed by atoms with van der Waals surface area (Å²) in [6, 6.07) is 10.5. The van der Waals surface area contributed by atoms with E-state index in [1.54, 1.807) is 0 Å². The van der Waals surface area contributed by atoms with Gasteiger partial charge in [0, 0.05) is 24.1 Å². The molecule has 1 N–H and O–H groups in total. The molecule has 0 aromatic heterocycles. The molecule has 1 aromatic rings. The summed E-state index contributed by atoms with van der Waals surface area (Å²) in [6.07, 6.45) is 4.92. The van der Waals surface area contributed by atoms with E-state index in [0.29, 0.717) is 13.2 Å². The molecule has 1 aromatic carbocycles. The number of ether oxygens (including phenoxy) is 1. The maximum absolute atomic E-state index is 11.2. The molecule has 2 aliphatic rings. The number of hydrogen-bond acceptors (Lipinski definition) is 4. The largest absolute Gasteiger partial charge is 0.494 e. The molecule has 1 heterocycles. The summed E-state index contributed by atoms with van der Waals surface area (Å²) in [5.41, 5.74) is 0.531. The Bertz CT molecular complexity index is 583. The van der Waals surface area contributed by atoms with Crippen LogP contribution in [-0.2, 0) is 0 Å². The van der Waals surface area contributed by atoms with E-state index >= 15 is 0 Å². The summed E-state index contributed by atoms with van der Waals surface area (Å²) < 4.78 is 5.84.